The van der Waals surface area contributed by atoms with Crippen LogP contribution in [0.25, 0.3) is 0 Å². The van der Waals surface area contributed by atoms with E-state index in [9.17, 15) is 9.59 Å². The average Bonchev–Trinajstić information content (AvgIpc) is 2.84. The monoisotopic (exact) mass is 474 g/mol. The Morgan fingerprint density at radius 3 is 2.65 bits per heavy atom. The third-order valence-electron chi connectivity index (χ3n) is 6.74. The molecule has 0 aliphatic carbocycles. The molecule has 1 aromatic rings. The van der Waals surface area contributed by atoms with E-state index in [1.165, 1.54) is 0 Å². The number of piperazine rings is 1. The van der Waals surface area contributed by atoms with Crippen LogP contribution in [-0.4, -0.2) is 96.7 Å². The van der Waals surface area contributed by atoms with Gasteiger partial charge < -0.3 is 20.1 Å². The van der Waals surface area contributed by atoms with Crippen LogP contribution < -0.4 is 10.1 Å². The molecular formula is C26H42N4O4. The quantitative estimate of drug-likeness (QED) is 0.652. The number of carbonyl (C=O) groups excluding carboxylic acids is 2. The number of hydrogen-bond acceptors (Lipinski definition) is 6. The summed E-state index contributed by atoms with van der Waals surface area (Å²) in [5.41, 5.74) is 2.19. The van der Waals surface area contributed by atoms with E-state index >= 15 is 0 Å². The summed E-state index contributed by atoms with van der Waals surface area (Å²) < 4.78 is 6.13. The number of carbonyl (C=O) groups is 2. The molecule has 0 unspecified atom stereocenters. The summed E-state index contributed by atoms with van der Waals surface area (Å²) in [6, 6.07) is 6.46. The zero-order valence-corrected chi connectivity index (χ0v) is 20.9. The Bertz CT molecular complexity index is 793. The highest BCUT2D eigenvalue weighted by Crippen LogP contribution is 2.24. The zero-order chi connectivity index (χ0) is 24.3. The summed E-state index contributed by atoms with van der Waals surface area (Å²) in [7, 11) is 0. The number of nitrogens with one attached hydrogen (secondary N) is 1. The summed E-state index contributed by atoms with van der Waals surface area (Å²) in [5, 5.41) is 12.1. The maximum Gasteiger partial charge on any atom is 0.234 e. The van der Waals surface area contributed by atoms with Crippen LogP contribution in [0.15, 0.2) is 18.2 Å². The number of aliphatic hydroxyl groups is 1. The van der Waals surface area contributed by atoms with Crippen molar-refractivity contribution in [2.45, 2.75) is 58.5 Å². The molecule has 0 saturated carbocycles. The second kappa shape index (κ2) is 13.7. The summed E-state index contributed by atoms with van der Waals surface area (Å²) in [6.07, 6.45) is 4.12. The van der Waals surface area contributed by atoms with Crippen LogP contribution in [0.2, 0.25) is 0 Å². The van der Waals surface area contributed by atoms with E-state index < -0.39 is 0 Å². The van der Waals surface area contributed by atoms with Gasteiger partial charge in [-0.15, -0.1) is 0 Å². The summed E-state index contributed by atoms with van der Waals surface area (Å²) >= 11 is 0. The number of aliphatic hydroxyl groups excluding tert-OH is 1. The Balaban J connectivity index is 1.65. The van der Waals surface area contributed by atoms with Gasteiger partial charge in [0, 0.05) is 63.8 Å². The van der Waals surface area contributed by atoms with Crippen molar-refractivity contribution in [1.29, 1.82) is 0 Å². The molecule has 1 fully saturated rings. The van der Waals surface area contributed by atoms with Gasteiger partial charge in [0.15, 0.2) is 0 Å². The first kappa shape index (κ1) is 26.4. The first-order chi connectivity index (χ1) is 16.5. The van der Waals surface area contributed by atoms with E-state index in [0.717, 1.165) is 62.3 Å². The predicted molar refractivity (Wildman–Crippen MR) is 133 cm³/mol. The standard InChI is InChI=1S/C26H42N4O4/c1-21(2)30-19-23-18-22(7-9-26(33)29-13-11-28(12-14-29)15-16-31)6-8-24(23)34-17-5-3-4-10-27-25(32)20-30/h6,8,18,21,31H,3-5,7,9-17,19-20H2,1-2H3,(H,27,32). The number of aryl methyl sites for hydroxylation is 1. The largest absolute Gasteiger partial charge is 0.493 e. The number of hydrogen-bond donors (Lipinski definition) is 2. The van der Waals surface area contributed by atoms with Gasteiger partial charge in [-0.05, 0) is 51.2 Å². The number of β-amino-alcohol motifs (C(OH)–C–C–N with tert-alkyl or cyclic N) is 1. The molecule has 2 heterocycles. The Labute approximate surface area is 204 Å². The van der Waals surface area contributed by atoms with E-state index in [1.54, 1.807) is 0 Å². The lowest BCUT2D eigenvalue weighted by molar-refractivity contribution is -0.133. The number of ether oxygens (including phenoxy) is 1. The van der Waals surface area contributed by atoms with E-state index in [1.807, 2.05) is 11.0 Å². The Morgan fingerprint density at radius 1 is 1.12 bits per heavy atom. The molecule has 2 N–H and O–H groups in total. The van der Waals surface area contributed by atoms with Gasteiger partial charge in [0.25, 0.3) is 0 Å². The third-order valence-corrected chi connectivity index (χ3v) is 6.74. The lowest BCUT2D eigenvalue weighted by Crippen LogP contribution is -2.49. The van der Waals surface area contributed by atoms with Gasteiger partial charge in [0.2, 0.25) is 11.8 Å². The van der Waals surface area contributed by atoms with Crippen LogP contribution in [0, 0.1) is 0 Å². The Morgan fingerprint density at radius 2 is 1.91 bits per heavy atom. The minimum atomic E-state index is 0.0660. The van der Waals surface area contributed by atoms with Gasteiger partial charge >= 0.3 is 0 Å². The molecule has 2 aliphatic heterocycles. The summed E-state index contributed by atoms with van der Waals surface area (Å²) in [4.78, 5) is 31.5. The Hall–Kier alpha value is -2.16. The molecule has 34 heavy (non-hydrogen) atoms. The average molecular weight is 475 g/mol. The van der Waals surface area contributed by atoms with E-state index in [-0.39, 0.29) is 24.5 Å². The first-order valence-electron chi connectivity index (χ1n) is 12.8. The zero-order valence-electron chi connectivity index (χ0n) is 20.9. The van der Waals surface area contributed by atoms with E-state index in [0.29, 0.717) is 45.6 Å². The third kappa shape index (κ3) is 8.25. The maximum atomic E-state index is 12.8. The van der Waals surface area contributed by atoms with Gasteiger partial charge in [0.05, 0.1) is 19.8 Å². The minimum Gasteiger partial charge on any atom is -0.493 e. The highest BCUT2D eigenvalue weighted by molar-refractivity contribution is 5.78. The van der Waals surface area contributed by atoms with Gasteiger partial charge in [-0.1, -0.05) is 12.1 Å². The van der Waals surface area contributed by atoms with Crippen molar-refractivity contribution < 1.29 is 19.4 Å². The van der Waals surface area contributed by atoms with Crippen LogP contribution in [0.3, 0.4) is 0 Å². The SMILES string of the molecule is CC(C)N1CC(=O)NCCCCCOc2ccc(CCC(=O)N3CCN(CCO)CC3)cc2C1. The maximum absolute atomic E-state index is 12.8. The highest BCUT2D eigenvalue weighted by atomic mass is 16.5. The van der Waals surface area contributed by atoms with Crippen LogP contribution in [0.4, 0.5) is 0 Å². The van der Waals surface area contributed by atoms with Gasteiger partial charge in [-0.2, -0.15) is 0 Å². The number of fused-ring (bicyclic) bond motifs is 1. The van der Waals surface area contributed by atoms with Gasteiger partial charge in [-0.25, -0.2) is 0 Å². The summed E-state index contributed by atoms with van der Waals surface area (Å²) in [5.74, 6) is 1.13. The topological polar surface area (TPSA) is 85.4 Å². The van der Waals surface area contributed by atoms with Gasteiger partial charge in [-0.3, -0.25) is 19.4 Å². The predicted octanol–water partition coefficient (Wildman–Crippen LogP) is 1.65. The fourth-order valence-corrected chi connectivity index (χ4v) is 4.52. The second-order valence-electron chi connectivity index (χ2n) is 9.65. The second-order valence-corrected chi connectivity index (χ2v) is 9.65. The van der Waals surface area contributed by atoms with Crippen molar-refractivity contribution in [1.82, 2.24) is 20.0 Å². The fourth-order valence-electron chi connectivity index (χ4n) is 4.52. The van der Waals surface area contributed by atoms with Crippen molar-refractivity contribution in [2.75, 3.05) is 59.0 Å². The van der Waals surface area contributed by atoms with Crippen molar-refractivity contribution in [3.8, 4) is 5.75 Å². The summed E-state index contributed by atoms with van der Waals surface area (Å²) in [6.45, 7) is 10.5. The molecule has 190 valence electrons. The molecule has 0 bridgehead atoms. The lowest BCUT2D eigenvalue weighted by Gasteiger charge is -2.34. The smallest absolute Gasteiger partial charge is 0.234 e. The minimum absolute atomic E-state index is 0.0660. The molecule has 8 nitrogen and oxygen atoms in total. The highest BCUT2D eigenvalue weighted by Gasteiger charge is 2.21. The van der Waals surface area contributed by atoms with Crippen LogP contribution >= 0.6 is 0 Å². The van der Waals surface area contributed by atoms with Crippen molar-refractivity contribution >= 4 is 11.8 Å². The van der Waals surface area contributed by atoms with Crippen LogP contribution in [0.1, 0.15) is 50.7 Å². The molecule has 2 amide bonds. The van der Waals surface area contributed by atoms with E-state index in [2.05, 4.69) is 41.1 Å². The molecule has 2 aliphatic rings. The fraction of sp³-hybridized carbons (Fsp3) is 0.692. The van der Waals surface area contributed by atoms with Crippen LogP contribution in [-0.2, 0) is 22.6 Å². The number of rotatable bonds is 6. The first-order valence-corrected chi connectivity index (χ1v) is 12.8. The molecule has 1 aromatic carbocycles. The van der Waals surface area contributed by atoms with E-state index in [4.69, 9.17) is 9.84 Å². The lowest BCUT2D eigenvalue weighted by atomic mass is 10.0. The normalized spacial score (nSPS) is 19.4. The number of amides is 2. The molecule has 0 aromatic heterocycles. The number of nitrogens with zero attached hydrogens (tertiary/aromatic N) is 3. The molecular weight excluding hydrogens is 432 g/mol. The molecule has 1 saturated heterocycles. The van der Waals surface area contributed by atoms with Crippen molar-refractivity contribution in [3.05, 3.63) is 29.3 Å². The van der Waals surface area contributed by atoms with Crippen molar-refractivity contribution in [3.63, 3.8) is 0 Å². The molecule has 3 rings (SSSR count). The molecule has 0 radical (unpaired) electrons. The van der Waals surface area contributed by atoms with Crippen LogP contribution in [0.5, 0.6) is 5.75 Å². The van der Waals surface area contributed by atoms with Gasteiger partial charge in [0.1, 0.15) is 5.75 Å². The Kier molecular flexibility index (Phi) is 10.6. The molecule has 8 heteroatoms. The molecule has 0 atom stereocenters. The number of benzene rings is 1. The molecule has 0 spiro atoms. The van der Waals surface area contributed by atoms with Crippen molar-refractivity contribution in [2.24, 2.45) is 0 Å².